The third-order valence-electron chi connectivity index (χ3n) is 2.39. The Balaban J connectivity index is 2.60. The Hall–Kier alpha value is -2.37. The highest BCUT2D eigenvalue weighted by molar-refractivity contribution is 5.92. The molecule has 2 N–H and O–H groups in total. The number of benzene rings is 1. The van der Waals surface area contributed by atoms with Crippen LogP contribution in [0.4, 0.5) is 0 Å². The summed E-state index contributed by atoms with van der Waals surface area (Å²) in [5.41, 5.74) is 1.62. The predicted molar refractivity (Wildman–Crippen MR) is 59.5 cm³/mol. The maximum Gasteiger partial charge on any atom is 0.339 e. The largest absolute Gasteiger partial charge is 0.507 e. The van der Waals surface area contributed by atoms with Gasteiger partial charge in [0.15, 0.2) is 0 Å². The number of hydrogen-bond donors (Lipinski definition) is 2. The van der Waals surface area contributed by atoms with Crippen molar-refractivity contribution in [3.63, 3.8) is 0 Å². The number of hydrogen-bond acceptors (Lipinski definition) is 4. The molecule has 1 aromatic heterocycles. The highest BCUT2D eigenvalue weighted by Crippen LogP contribution is 2.25. The predicted octanol–water partition coefficient (Wildman–Crippen LogP) is 1.29. The summed E-state index contributed by atoms with van der Waals surface area (Å²) in [6.45, 7) is 3.42. The van der Waals surface area contributed by atoms with E-state index in [4.69, 9.17) is 5.11 Å². The number of carbonyl (C=O) groups is 1. The Morgan fingerprint density at radius 3 is 2.59 bits per heavy atom. The van der Waals surface area contributed by atoms with Crippen LogP contribution in [-0.4, -0.2) is 31.2 Å². The minimum absolute atomic E-state index is 0.145. The molecule has 17 heavy (non-hydrogen) atoms. The lowest BCUT2D eigenvalue weighted by Gasteiger charge is -2.07. The molecule has 0 aliphatic heterocycles. The molecule has 0 saturated carbocycles. The van der Waals surface area contributed by atoms with Crippen molar-refractivity contribution in [1.82, 2.24) is 15.0 Å². The van der Waals surface area contributed by atoms with E-state index in [1.54, 1.807) is 26.1 Å². The van der Waals surface area contributed by atoms with Gasteiger partial charge in [-0.15, -0.1) is 5.10 Å². The zero-order valence-electron chi connectivity index (χ0n) is 9.38. The third kappa shape index (κ3) is 1.96. The lowest BCUT2D eigenvalue weighted by Crippen LogP contribution is -2.02. The number of aryl methyl sites for hydroxylation is 2. The van der Waals surface area contributed by atoms with Gasteiger partial charge in [-0.3, -0.25) is 0 Å². The first kappa shape index (κ1) is 11.1. The molecule has 0 unspecified atom stereocenters. The number of aromatic hydroxyl groups is 1. The minimum Gasteiger partial charge on any atom is -0.507 e. The number of aromatic nitrogens is 3. The van der Waals surface area contributed by atoms with Crippen molar-refractivity contribution in [3.05, 3.63) is 35.2 Å². The van der Waals surface area contributed by atoms with Gasteiger partial charge in [0.05, 0.1) is 17.6 Å². The molecule has 0 bridgehead atoms. The maximum atomic E-state index is 11.0. The highest BCUT2D eigenvalue weighted by Gasteiger charge is 2.14. The minimum atomic E-state index is -1.18. The van der Waals surface area contributed by atoms with Crippen LogP contribution in [0, 0.1) is 13.8 Å². The number of nitrogens with zero attached hydrogens (tertiary/aromatic N) is 3. The van der Waals surface area contributed by atoms with Gasteiger partial charge in [0.25, 0.3) is 0 Å². The molecule has 6 nitrogen and oxygen atoms in total. The molecular weight excluding hydrogens is 222 g/mol. The second kappa shape index (κ2) is 3.89. The van der Waals surface area contributed by atoms with Crippen molar-refractivity contribution >= 4 is 5.97 Å². The fourth-order valence-corrected chi connectivity index (χ4v) is 1.53. The van der Waals surface area contributed by atoms with E-state index < -0.39 is 5.97 Å². The van der Waals surface area contributed by atoms with Gasteiger partial charge in [-0.2, -0.15) is 0 Å². The van der Waals surface area contributed by atoms with Gasteiger partial charge >= 0.3 is 5.97 Å². The second-order valence-corrected chi connectivity index (χ2v) is 3.77. The fourth-order valence-electron chi connectivity index (χ4n) is 1.53. The third-order valence-corrected chi connectivity index (χ3v) is 2.39. The summed E-state index contributed by atoms with van der Waals surface area (Å²) in [4.78, 5) is 11.0. The van der Waals surface area contributed by atoms with Crippen molar-refractivity contribution in [2.45, 2.75) is 13.8 Å². The Morgan fingerprint density at radius 2 is 2.06 bits per heavy atom. The first-order chi connectivity index (χ1) is 7.99. The van der Waals surface area contributed by atoms with E-state index in [9.17, 15) is 9.90 Å². The van der Waals surface area contributed by atoms with E-state index in [0.29, 0.717) is 11.3 Å². The number of carboxylic acids is 1. The normalized spacial score (nSPS) is 10.5. The summed E-state index contributed by atoms with van der Waals surface area (Å²) < 4.78 is 1.47. The van der Waals surface area contributed by atoms with Gasteiger partial charge < -0.3 is 10.2 Å². The standard InChI is InChI=1S/C11H11N3O3/c1-6-3-8(14-5-7(2)12-13-14)4-9(10(6)15)11(16)17/h3-5,15H,1-2H3,(H,16,17). The maximum absolute atomic E-state index is 11.0. The highest BCUT2D eigenvalue weighted by atomic mass is 16.4. The first-order valence-corrected chi connectivity index (χ1v) is 4.95. The molecule has 0 fully saturated rings. The van der Waals surface area contributed by atoms with Crippen LogP contribution >= 0.6 is 0 Å². The SMILES string of the molecule is Cc1cn(-c2cc(C)c(O)c(C(=O)O)c2)nn1. The van der Waals surface area contributed by atoms with Crippen LogP contribution in [0.2, 0.25) is 0 Å². The molecule has 0 spiro atoms. The molecule has 0 radical (unpaired) electrons. The Bertz CT molecular complexity index is 590. The van der Waals surface area contributed by atoms with E-state index in [0.717, 1.165) is 5.69 Å². The van der Waals surface area contributed by atoms with Gasteiger partial charge in [-0.1, -0.05) is 5.21 Å². The molecule has 0 aliphatic rings. The Morgan fingerprint density at radius 1 is 1.35 bits per heavy atom. The summed E-state index contributed by atoms with van der Waals surface area (Å²) in [6, 6.07) is 3.01. The van der Waals surface area contributed by atoms with Crippen molar-refractivity contribution in [2.24, 2.45) is 0 Å². The zero-order chi connectivity index (χ0) is 12.6. The molecule has 2 rings (SSSR count). The average molecular weight is 233 g/mol. The van der Waals surface area contributed by atoms with Crippen LogP contribution in [0.1, 0.15) is 21.6 Å². The van der Waals surface area contributed by atoms with Gasteiger partial charge in [-0.05, 0) is 31.5 Å². The molecule has 0 atom stereocenters. The molecule has 88 valence electrons. The monoisotopic (exact) mass is 233 g/mol. The summed E-state index contributed by atoms with van der Waals surface area (Å²) >= 11 is 0. The number of phenols is 1. The smallest absolute Gasteiger partial charge is 0.339 e. The Kier molecular flexibility index (Phi) is 2.55. The van der Waals surface area contributed by atoms with Crippen molar-refractivity contribution < 1.29 is 15.0 Å². The van der Waals surface area contributed by atoms with Gasteiger partial charge in [0, 0.05) is 0 Å². The number of rotatable bonds is 2. The molecule has 0 saturated heterocycles. The van der Waals surface area contributed by atoms with Crippen LogP contribution in [0.3, 0.4) is 0 Å². The lowest BCUT2D eigenvalue weighted by atomic mass is 10.1. The van der Waals surface area contributed by atoms with E-state index in [-0.39, 0.29) is 11.3 Å². The molecular formula is C11H11N3O3. The fraction of sp³-hybridized carbons (Fsp3) is 0.182. The van der Waals surface area contributed by atoms with E-state index in [1.165, 1.54) is 10.7 Å². The second-order valence-electron chi connectivity index (χ2n) is 3.77. The number of aromatic carboxylic acids is 1. The van der Waals surface area contributed by atoms with Crippen LogP contribution in [0.5, 0.6) is 5.75 Å². The molecule has 0 aliphatic carbocycles. The van der Waals surface area contributed by atoms with Gasteiger partial charge in [-0.25, -0.2) is 9.48 Å². The first-order valence-electron chi connectivity index (χ1n) is 4.95. The molecule has 0 amide bonds. The van der Waals surface area contributed by atoms with Crippen LogP contribution < -0.4 is 0 Å². The van der Waals surface area contributed by atoms with Crippen LogP contribution in [0.25, 0.3) is 5.69 Å². The zero-order valence-corrected chi connectivity index (χ0v) is 9.38. The van der Waals surface area contributed by atoms with Crippen LogP contribution in [-0.2, 0) is 0 Å². The lowest BCUT2D eigenvalue weighted by molar-refractivity contribution is 0.0693. The molecule has 1 aromatic carbocycles. The van der Waals surface area contributed by atoms with Gasteiger partial charge in [0.1, 0.15) is 11.3 Å². The van der Waals surface area contributed by atoms with E-state index in [2.05, 4.69) is 10.3 Å². The topological polar surface area (TPSA) is 88.2 Å². The number of carboxylic acid groups (broad SMARTS) is 1. The van der Waals surface area contributed by atoms with Gasteiger partial charge in [0.2, 0.25) is 0 Å². The summed E-state index contributed by atoms with van der Waals surface area (Å²) in [7, 11) is 0. The van der Waals surface area contributed by atoms with E-state index in [1.807, 2.05) is 0 Å². The van der Waals surface area contributed by atoms with Crippen LogP contribution in [0.15, 0.2) is 18.3 Å². The van der Waals surface area contributed by atoms with Crippen molar-refractivity contribution in [3.8, 4) is 11.4 Å². The molecule has 1 heterocycles. The summed E-state index contributed by atoms with van der Waals surface area (Å²) in [5, 5.41) is 26.3. The molecule has 2 aromatic rings. The summed E-state index contributed by atoms with van der Waals surface area (Å²) in [5.74, 6) is -1.40. The Labute approximate surface area is 97.1 Å². The quantitative estimate of drug-likeness (QED) is 0.815. The van der Waals surface area contributed by atoms with Crippen molar-refractivity contribution in [2.75, 3.05) is 0 Å². The van der Waals surface area contributed by atoms with Crippen molar-refractivity contribution in [1.29, 1.82) is 0 Å². The van der Waals surface area contributed by atoms with E-state index >= 15 is 0 Å². The molecule has 6 heteroatoms. The summed E-state index contributed by atoms with van der Waals surface area (Å²) in [6.07, 6.45) is 1.68. The average Bonchev–Trinajstić information content (AvgIpc) is 2.68.